The van der Waals surface area contributed by atoms with Gasteiger partial charge in [-0.1, -0.05) is 98.0 Å². The van der Waals surface area contributed by atoms with Crippen LogP contribution in [0, 0.1) is 86.8 Å². The molecule has 8 rings (SSSR count). The summed E-state index contributed by atoms with van der Waals surface area (Å²) >= 11 is 0. The van der Waals surface area contributed by atoms with Crippen LogP contribution < -0.4 is 5.32 Å². The van der Waals surface area contributed by atoms with Crippen molar-refractivity contribution in [2.24, 2.45) is 86.8 Å². The van der Waals surface area contributed by atoms with Crippen molar-refractivity contribution in [3.63, 3.8) is 0 Å². The summed E-state index contributed by atoms with van der Waals surface area (Å²) in [6.07, 6.45) is 36.3. The standard InChI is InChI=1S/C50H83N/c1-9-11-12-35-21-25-47(5)36(31-35)13-15-39-43-19-17-41(49(43,7)27-23-45(39)47)33(3)30-34(4)42-18-20-44-40-16-14-37-32-38(51-29-10-2)22-26-48(37,6)46(40)24-28-50(42,44)8/h13-14,33-35,38-46,51H,9-12,15-32H2,1-8H3/t33-,34-,35+,38+,39-,40-,41?,42?,43+,44+,45?,46?,47?,48?,49?,50?/m1/s1. The van der Waals surface area contributed by atoms with E-state index in [1.54, 1.807) is 0 Å². The van der Waals surface area contributed by atoms with E-state index in [-0.39, 0.29) is 0 Å². The van der Waals surface area contributed by atoms with Crippen molar-refractivity contribution in [1.82, 2.24) is 5.32 Å². The minimum atomic E-state index is 0.488. The smallest absolute Gasteiger partial charge is 0.0105 e. The van der Waals surface area contributed by atoms with Crippen molar-refractivity contribution < 1.29 is 0 Å². The molecule has 0 spiro atoms. The summed E-state index contributed by atoms with van der Waals surface area (Å²) in [5.41, 5.74) is 5.96. The van der Waals surface area contributed by atoms with E-state index in [9.17, 15) is 0 Å². The summed E-state index contributed by atoms with van der Waals surface area (Å²) in [6, 6.07) is 0.733. The van der Waals surface area contributed by atoms with Crippen LogP contribution in [0.4, 0.5) is 0 Å². The Morgan fingerprint density at radius 3 is 1.73 bits per heavy atom. The van der Waals surface area contributed by atoms with Crippen molar-refractivity contribution in [3.05, 3.63) is 23.3 Å². The second-order valence-electron chi connectivity index (χ2n) is 22.3. The van der Waals surface area contributed by atoms with E-state index in [1.165, 1.54) is 141 Å². The van der Waals surface area contributed by atoms with Gasteiger partial charge in [-0.3, -0.25) is 0 Å². The normalized spacial score (nSPS) is 50.0. The third-order valence-corrected chi connectivity index (χ3v) is 20.2. The summed E-state index contributed by atoms with van der Waals surface area (Å²) < 4.78 is 0. The molecule has 16 atom stereocenters. The first-order valence-corrected chi connectivity index (χ1v) is 23.6. The fourth-order valence-corrected chi connectivity index (χ4v) is 17.5. The minimum Gasteiger partial charge on any atom is -0.314 e. The van der Waals surface area contributed by atoms with Gasteiger partial charge in [0.1, 0.15) is 0 Å². The molecule has 0 heterocycles. The molecule has 6 fully saturated rings. The van der Waals surface area contributed by atoms with Gasteiger partial charge in [-0.05, 0) is 209 Å². The molecule has 1 N–H and O–H groups in total. The van der Waals surface area contributed by atoms with Gasteiger partial charge < -0.3 is 5.32 Å². The highest BCUT2D eigenvalue weighted by atomic mass is 14.9. The molecule has 0 amide bonds. The lowest BCUT2D eigenvalue weighted by Crippen LogP contribution is -2.52. The van der Waals surface area contributed by atoms with Crippen LogP contribution in [-0.4, -0.2) is 12.6 Å². The number of hydrogen-bond donors (Lipinski definition) is 1. The maximum absolute atomic E-state index is 3.89. The molecule has 0 saturated heterocycles. The van der Waals surface area contributed by atoms with E-state index in [0.29, 0.717) is 21.7 Å². The monoisotopic (exact) mass is 698 g/mol. The predicted molar refractivity (Wildman–Crippen MR) is 218 cm³/mol. The predicted octanol–water partition coefficient (Wildman–Crippen LogP) is 14.0. The Bertz CT molecular complexity index is 1210. The first-order chi connectivity index (χ1) is 24.5. The molecule has 51 heavy (non-hydrogen) atoms. The highest BCUT2D eigenvalue weighted by molar-refractivity contribution is 5.27. The second-order valence-corrected chi connectivity index (χ2v) is 22.3. The van der Waals surface area contributed by atoms with Crippen LogP contribution in [-0.2, 0) is 0 Å². The van der Waals surface area contributed by atoms with Gasteiger partial charge in [0.2, 0.25) is 0 Å². The molecule has 0 aromatic heterocycles. The number of hydrogen-bond acceptors (Lipinski definition) is 1. The van der Waals surface area contributed by atoms with Crippen molar-refractivity contribution >= 4 is 0 Å². The summed E-state index contributed by atoms with van der Waals surface area (Å²) in [4.78, 5) is 0. The van der Waals surface area contributed by atoms with Gasteiger partial charge in [0, 0.05) is 6.04 Å². The molecule has 8 aliphatic rings. The van der Waals surface area contributed by atoms with E-state index in [2.05, 4.69) is 72.9 Å². The lowest BCUT2D eigenvalue weighted by molar-refractivity contribution is -0.0615. The molecule has 0 aromatic rings. The molecule has 0 bridgehead atoms. The molecular weight excluding hydrogens is 615 g/mol. The molecule has 8 aliphatic carbocycles. The van der Waals surface area contributed by atoms with E-state index >= 15 is 0 Å². The van der Waals surface area contributed by atoms with Gasteiger partial charge in [0.25, 0.3) is 0 Å². The number of fused-ring (bicyclic) bond motifs is 10. The molecule has 0 radical (unpaired) electrons. The lowest BCUT2D eigenvalue weighted by atomic mass is 9.46. The van der Waals surface area contributed by atoms with Gasteiger partial charge >= 0.3 is 0 Å². The SMILES string of the molecule is CCCC[C@H]1CCC2(C)C(=CC[C@H]3C2CCC2(C)C([C@H](C)C[C@@H](C)C4CC[C@H]5[C@H]6CC=C7C[C@@H](NCCC)CCC7(C)C6CCC45C)CC[C@@H]32)C1. The summed E-state index contributed by atoms with van der Waals surface area (Å²) in [5.74, 6) is 10.5. The Hall–Kier alpha value is -0.560. The van der Waals surface area contributed by atoms with Crippen LogP contribution in [0.25, 0.3) is 0 Å². The summed E-state index contributed by atoms with van der Waals surface area (Å²) in [5, 5.41) is 3.89. The third-order valence-electron chi connectivity index (χ3n) is 20.2. The number of rotatable bonds is 10. The molecule has 0 aliphatic heterocycles. The van der Waals surface area contributed by atoms with E-state index in [0.717, 1.165) is 71.1 Å². The molecular formula is C50H83N. The third kappa shape index (κ3) is 6.07. The topological polar surface area (TPSA) is 12.0 Å². The number of unbranched alkanes of at least 4 members (excludes halogenated alkanes) is 1. The fourth-order valence-electron chi connectivity index (χ4n) is 17.5. The average Bonchev–Trinajstić information content (AvgIpc) is 3.66. The highest BCUT2D eigenvalue weighted by Gasteiger charge is 2.61. The zero-order chi connectivity index (χ0) is 35.8. The molecule has 8 unspecified atom stereocenters. The quantitative estimate of drug-likeness (QED) is 0.224. The molecule has 1 nitrogen and oxygen atoms in total. The maximum Gasteiger partial charge on any atom is 0.0105 e. The molecule has 6 saturated carbocycles. The van der Waals surface area contributed by atoms with Crippen LogP contribution >= 0.6 is 0 Å². The van der Waals surface area contributed by atoms with Crippen molar-refractivity contribution in [1.29, 1.82) is 0 Å². The van der Waals surface area contributed by atoms with Crippen molar-refractivity contribution in [2.45, 2.75) is 196 Å². The van der Waals surface area contributed by atoms with Gasteiger partial charge in [-0.25, -0.2) is 0 Å². The second kappa shape index (κ2) is 14.2. The van der Waals surface area contributed by atoms with Crippen molar-refractivity contribution in [2.75, 3.05) is 6.54 Å². The molecule has 1 heteroatoms. The highest BCUT2D eigenvalue weighted by Crippen LogP contribution is 2.70. The van der Waals surface area contributed by atoms with Crippen LogP contribution in [0.2, 0.25) is 0 Å². The maximum atomic E-state index is 3.89. The molecule has 288 valence electrons. The number of nitrogens with one attached hydrogen (secondary N) is 1. The van der Waals surface area contributed by atoms with Gasteiger partial charge in [0.05, 0.1) is 0 Å². The minimum absolute atomic E-state index is 0.488. The van der Waals surface area contributed by atoms with E-state index < -0.39 is 0 Å². The Labute approximate surface area is 317 Å². The lowest BCUT2D eigenvalue weighted by Gasteiger charge is -2.59. The largest absolute Gasteiger partial charge is 0.314 e. The zero-order valence-electron chi connectivity index (χ0n) is 35.1. The van der Waals surface area contributed by atoms with Crippen LogP contribution in [0.15, 0.2) is 23.3 Å². The Morgan fingerprint density at radius 2 is 1.18 bits per heavy atom. The number of allylic oxidation sites excluding steroid dienone is 3. The van der Waals surface area contributed by atoms with Crippen LogP contribution in [0.3, 0.4) is 0 Å². The van der Waals surface area contributed by atoms with Gasteiger partial charge in [-0.15, -0.1) is 0 Å². The van der Waals surface area contributed by atoms with E-state index in [4.69, 9.17) is 0 Å². The molecule has 0 aromatic carbocycles. The first-order valence-electron chi connectivity index (χ1n) is 23.6. The van der Waals surface area contributed by atoms with Gasteiger partial charge in [-0.2, -0.15) is 0 Å². The Morgan fingerprint density at radius 1 is 0.627 bits per heavy atom. The average molecular weight is 698 g/mol. The Balaban J connectivity index is 0.912. The van der Waals surface area contributed by atoms with Crippen LogP contribution in [0.5, 0.6) is 0 Å². The summed E-state index contributed by atoms with van der Waals surface area (Å²) in [7, 11) is 0. The first kappa shape index (κ1) is 37.4. The zero-order valence-corrected chi connectivity index (χ0v) is 35.1. The fraction of sp³-hybridized carbons (Fsp3) is 0.920. The Kier molecular flexibility index (Phi) is 10.4. The van der Waals surface area contributed by atoms with Gasteiger partial charge in [0.15, 0.2) is 0 Å². The summed E-state index contributed by atoms with van der Waals surface area (Å²) in [6.45, 7) is 22.5. The van der Waals surface area contributed by atoms with Crippen LogP contribution in [0.1, 0.15) is 190 Å². The van der Waals surface area contributed by atoms with Crippen molar-refractivity contribution in [3.8, 4) is 0 Å². The van der Waals surface area contributed by atoms with E-state index in [1.807, 2.05) is 11.1 Å².